The SMILES string of the molecule is CCCCOC(=O)C(C)(CC)c1ccccc2ccc(CC(C)C)c1-2. The summed E-state index contributed by atoms with van der Waals surface area (Å²) in [6, 6.07) is 12.7. The number of unbranched alkanes of at least 4 members (excludes halogenated alkanes) is 1. The van der Waals surface area contributed by atoms with Gasteiger partial charge >= 0.3 is 5.97 Å². The van der Waals surface area contributed by atoms with Crippen LogP contribution in [0, 0.1) is 5.92 Å². The number of rotatable bonds is 8. The molecular formula is C23H32O2. The van der Waals surface area contributed by atoms with Crippen LogP contribution in [0.15, 0.2) is 36.4 Å². The first-order valence-electron chi connectivity index (χ1n) is 9.62. The van der Waals surface area contributed by atoms with E-state index in [0.717, 1.165) is 31.2 Å². The molecule has 0 heterocycles. The van der Waals surface area contributed by atoms with E-state index in [2.05, 4.69) is 58.0 Å². The Morgan fingerprint density at radius 1 is 1.12 bits per heavy atom. The summed E-state index contributed by atoms with van der Waals surface area (Å²) in [4.78, 5) is 13.0. The largest absolute Gasteiger partial charge is 0.465 e. The number of hydrogen-bond donors (Lipinski definition) is 0. The van der Waals surface area contributed by atoms with Crippen molar-refractivity contribution in [3.8, 4) is 11.1 Å². The van der Waals surface area contributed by atoms with Crippen LogP contribution in [0.2, 0.25) is 0 Å². The van der Waals surface area contributed by atoms with Crippen molar-refractivity contribution in [3.63, 3.8) is 0 Å². The highest BCUT2D eigenvalue weighted by molar-refractivity contribution is 5.88. The van der Waals surface area contributed by atoms with Crippen molar-refractivity contribution in [2.75, 3.05) is 6.61 Å². The third-order valence-corrected chi connectivity index (χ3v) is 5.10. The average Bonchev–Trinajstić information content (AvgIpc) is 2.83. The topological polar surface area (TPSA) is 26.3 Å². The van der Waals surface area contributed by atoms with Crippen molar-refractivity contribution < 1.29 is 9.53 Å². The summed E-state index contributed by atoms with van der Waals surface area (Å²) in [5.74, 6) is 0.473. The van der Waals surface area contributed by atoms with Gasteiger partial charge in [-0.3, -0.25) is 4.79 Å². The van der Waals surface area contributed by atoms with Crippen molar-refractivity contribution in [2.24, 2.45) is 5.92 Å². The number of fused-ring (bicyclic) bond motifs is 1. The normalized spacial score (nSPS) is 13.8. The molecule has 0 spiro atoms. The summed E-state index contributed by atoms with van der Waals surface area (Å²) in [7, 11) is 0. The van der Waals surface area contributed by atoms with Gasteiger partial charge in [0.1, 0.15) is 0 Å². The zero-order valence-electron chi connectivity index (χ0n) is 16.4. The summed E-state index contributed by atoms with van der Waals surface area (Å²) >= 11 is 0. The van der Waals surface area contributed by atoms with Crippen LogP contribution in [0.3, 0.4) is 0 Å². The van der Waals surface area contributed by atoms with Crippen molar-refractivity contribution >= 4 is 5.97 Å². The second-order valence-electron chi connectivity index (χ2n) is 7.59. The molecule has 0 bridgehead atoms. The van der Waals surface area contributed by atoms with Gasteiger partial charge < -0.3 is 4.74 Å². The molecule has 1 unspecified atom stereocenters. The molecule has 0 N–H and O–H groups in total. The summed E-state index contributed by atoms with van der Waals surface area (Å²) in [5.41, 5.74) is 4.24. The summed E-state index contributed by atoms with van der Waals surface area (Å²) < 4.78 is 5.63. The maximum Gasteiger partial charge on any atom is 0.316 e. The van der Waals surface area contributed by atoms with Crippen LogP contribution in [0.4, 0.5) is 0 Å². The van der Waals surface area contributed by atoms with Gasteiger partial charge in [-0.25, -0.2) is 0 Å². The molecule has 2 aliphatic carbocycles. The molecule has 136 valence electrons. The van der Waals surface area contributed by atoms with E-state index >= 15 is 0 Å². The van der Waals surface area contributed by atoms with E-state index in [0.29, 0.717) is 12.5 Å². The minimum absolute atomic E-state index is 0.104. The molecule has 0 radical (unpaired) electrons. The minimum Gasteiger partial charge on any atom is -0.465 e. The van der Waals surface area contributed by atoms with Gasteiger partial charge in [-0.2, -0.15) is 0 Å². The fourth-order valence-corrected chi connectivity index (χ4v) is 3.39. The second kappa shape index (κ2) is 8.51. The smallest absolute Gasteiger partial charge is 0.316 e. The van der Waals surface area contributed by atoms with Gasteiger partial charge in [0, 0.05) is 0 Å². The first kappa shape index (κ1) is 19.5. The number of carbonyl (C=O) groups excluding carboxylic acids is 1. The van der Waals surface area contributed by atoms with Gasteiger partial charge in [0.2, 0.25) is 0 Å². The lowest BCUT2D eigenvalue weighted by atomic mass is 9.76. The molecule has 0 amide bonds. The quantitative estimate of drug-likeness (QED) is 0.435. The molecular weight excluding hydrogens is 308 g/mol. The molecule has 0 saturated carbocycles. The summed E-state index contributed by atoms with van der Waals surface area (Å²) in [6.07, 6.45) is 3.69. The molecule has 1 atom stereocenters. The molecule has 25 heavy (non-hydrogen) atoms. The Hall–Kier alpha value is -1.83. The molecule has 2 nitrogen and oxygen atoms in total. The van der Waals surface area contributed by atoms with Crippen LogP contribution in [-0.4, -0.2) is 12.6 Å². The zero-order chi connectivity index (χ0) is 18.4. The van der Waals surface area contributed by atoms with Crippen LogP contribution in [0.5, 0.6) is 0 Å². The van der Waals surface area contributed by atoms with Crippen LogP contribution >= 0.6 is 0 Å². The van der Waals surface area contributed by atoms with Gasteiger partial charge in [0.05, 0.1) is 12.0 Å². The Kier molecular flexibility index (Phi) is 6.64. The molecule has 2 rings (SSSR count). The average molecular weight is 341 g/mol. The Morgan fingerprint density at radius 2 is 1.84 bits per heavy atom. The zero-order valence-corrected chi connectivity index (χ0v) is 16.4. The highest BCUT2D eigenvalue weighted by Crippen LogP contribution is 2.40. The van der Waals surface area contributed by atoms with Crippen molar-refractivity contribution in [2.45, 2.75) is 65.7 Å². The Bertz CT molecular complexity index is 674. The van der Waals surface area contributed by atoms with Crippen LogP contribution in [0.25, 0.3) is 11.1 Å². The summed E-state index contributed by atoms with van der Waals surface area (Å²) in [5, 5.41) is 0. The van der Waals surface area contributed by atoms with Crippen molar-refractivity contribution in [3.05, 3.63) is 47.5 Å². The van der Waals surface area contributed by atoms with E-state index in [-0.39, 0.29) is 5.97 Å². The highest BCUT2D eigenvalue weighted by atomic mass is 16.5. The van der Waals surface area contributed by atoms with E-state index in [1.807, 2.05) is 13.0 Å². The maximum absolute atomic E-state index is 13.0. The predicted molar refractivity (Wildman–Crippen MR) is 105 cm³/mol. The monoisotopic (exact) mass is 340 g/mol. The number of carbonyl (C=O) groups is 1. The lowest BCUT2D eigenvalue weighted by Gasteiger charge is -2.28. The van der Waals surface area contributed by atoms with Gasteiger partial charge in [-0.1, -0.05) is 70.5 Å². The molecule has 0 aromatic carbocycles. The van der Waals surface area contributed by atoms with Gasteiger partial charge in [-0.05, 0) is 54.4 Å². The van der Waals surface area contributed by atoms with Crippen molar-refractivity contribution in [1.29, 1.82) is 0 Å². The van der Waals surface area contributed by atoms with E-state index in [9.17, 15) is 4.79 Å². The Balaban J connectivity index is 2.51. The number of ether oxygens (including phenoxy) is 1. The van der Waals surface area contributed by atoms with E-state index in [1.54, 1.807) is 0 Å². The highest BCUT2D eigenvalue weighted by Gasteiger charge is 2.37. The number of hydrogen-bond acceptors (Lipinski definition) is 2. The van der Waals surface area contributed by atoms with Crippen LogP contribution in [0.1, 0.15) is 65.0 Å². The first-order valence-corrected chi connectivity index (χ1v) is 9.62. The molecule has 0 fully saturated rings. The lowest BCUT2D eigenvalue weighted by Crippen LogP contribution is -2.34. The third-order valence-electron chi connectivity index (χ3n) is 5.10. The minimum atomic E-state index is -0.620. The molecule has 2 aliphatic rings. The van der Waals surface area contributed by atoms with E-state index in [4.69, 9.17) is 4.74 Å². The fourth-order valence-electron chi connectivity index (χ4n) is 3.39. The lowest BCUT2D eigenvalue weighted by molar-refractivity contribution is -0.150. The van der Waals surface area contributed by atoms with Crippen LogP contribution < -0.4 is 0 Å². The standard InChI is InChI=1S/C23H32O2/c1-6-8-15-25-22(24)23(5,7-2)20-12-10-9-11-18-13-14-19(21(18)20)16-17(3)4/h9-14,17H,6-8,15-16H2,1-5H3. The maximum atomic E-state index is 13.0. The predicted octanol–water partition coefficient (Wildman–Crippen LogP) is 6.00. The first-order chi connectivity index (χ1) is 11.9. The fraction of sp³-hybridized carbons (Fsp3) is 0.522. The number of esters is 1. The molecule has 2 heteroatoms. The molecule has 0 aliphatic heterocycles. The molecule has 0 aromatic rings. The van der Waals surface area contributed by atoms with Crippen LogP contribution in [-0.2, 0) is 21.4 Å². The molecule has 0 saturated heterocycles. The Morgan fingerprint density at radius 3 is 2.48 bits per heavy atom. The summed E-state index contributed by atoms with van der Waals surface area (Å²) in [6.45, 7) is 11.2. The van der Waals surface area contributed by atoms with Gasteiger partial charge in [0.15, 0.2) is 0 Å². The van der Waals surface area contributed by atoms with E-state index < -0.39 is 5.41 Å². The van der Waals surface area contributed by atoms with Gasteiger partial charge in [0.25, 0.3) is 0 Å². The second-order valence-corrected chi connectivity index (χ2v) is 7.59. The third kappa shape index (κ3) is 4.23. The molecule has 0 aromatic heterocycles. The van der Waals surface area contributed by atoms with Gasteiger partial charge in [-0.15, -0.1) is 0 Å². The van der Waals surface area contributed by atoms with Crippen molar-refractivity contribution in [1.82, 2.24) is 0 Å². The van der Waals surface area contributed by atoms with E-state index in [1.165, 1.54) is 16.7 Å². The Labute approximate surface area is 152 Å².